The summed E-state index contributed by atoms with van der Waals surface area (Å²) in [5, 5.41) is 11.8. The summed E-state index contributed by atoms with van der Waals surface area (Å²) in [6, 6.07) is 9.11. The van der Waals surface area contributed by atoms with Crippen molar-refractivity contribution in [3.63, 3.8) is 0 Å². The molecular formula is C13H12N4O. The molecule has 18 heavy (non-hydrogen) atoms. The lowest BCUT2D eigenvalue weighted by atomic mass is 10.2. The second-order valence-electron chi connectivity index (χ2n) is 3.64. The molecule has 0 aliphatic heterocycles. The SMILES string of the molecule is CNc1ncc(C)c(Oc2ccccc2C#N)n1. The molecule has 0 atom stereocenters. The first-order chi connectivity index (χ1) is 8.74. The van der Waals surface area contributed by atoms with Crippen molar-refractivity contribution < 1.29 is 4.74 Å². The Balaban J connectivity index is 2.37. The lowest BCUT2D eigenvalue weighted by Crippen LogP contribution is -2.00. The van der Waals surface area contributed by atoms with Gasteiger partial charge >= 0.3 is 0 Å². The van der Waals surface area contributed by atoms with Crippen LogP contribution in [-0.2, 0) is 0 Å². The number of hydrogen-bond donors (Lipinski definition) is 1. The third kappa shape index (κ3) is 2.38. The number of aromatic nitrogens is 2. The zero-order valence-corrected chi connectivity index (χ0v) is 10.1. The molecule has 0 saturated carbocycles. The van der Waals surface area contributed by atoms with Gasteiger partial charge in [-0.3, -0.25) is 0 Å². The van der Waals surface area contributed by atoms with E-state index < -0.39 is 0 Å². The first kappa shape index (κ1) is 11.9. The molecule has 0 amide bonds. The van der Waals surface area contributed by atoms with Gasteiger partial charge in [0, 0.05) is 18.8 Å². The normalized spacial score (nSPS) is 9.61. The van der Waals surface area contributed by atoms with Crippen LogP contribution < -0.4 is 10.1 Å². The molecule has 5 heteroatoms. The van der Waals surface area contributed by atoms with E-state index in [2.05, 4.69) is 21.4 Å². The fraction of sp³-hybridized carbons (Fsp3) is 0.154. The number of rotatable bonds is 3. The molecule has 0 spiro atoms. The molecule has 0 radical (unpaired) electrons. The number of hydrogen-bond acceptors (Lipinski definition) is 5. The van der Waals surface area contributed by atoms with Gasteiger partial charge in [0.25, 0.3) is 0 Å². The van der Waals surface area contributed by atoms with Gasteiger partial charge in [0.2, 0.25) is 11.8 Å². The van der Waals surface area contributed by atoms with Crippen LogP contribution in [0.15, 0.2) is 30.5 Å². The van der Waals surface area contributed by atoms with Gasteiger partial charge in [-0.2, -0.15) is 10.2 Å². The van der Waals surface area contributed by atoms with E-state index in [9.17, 15) is 0 Å². The van der Waals surface area contributed by atoms with Gasteiger partial charge in [-0.25, -0.2) is 4.98 Å². The minimum atomic E-state index is 0.442. The third-order valence-electron chi connectivity index (χ3n) is 2.36. The van der Waals surface area contributed by atoms with Crippen molar-refractivity contribution >= 4 is 5.95 Å². The predicted molar refractivity (Wildman–Crippen MR) is 67.5 cm³/mol. The molecule has 0 bridgehead atoms. The van der Waals surface area contributed by atoms with Crippen LogP contribution in [0.2, 0.25) is 0 Å². The second-order valence-corrected chi connectivity index (χ2v) is 3.64. The second kappa shape index (κ2) is 5.15. The Bertz CT molecular complexity index is 604. The molecular weight excluding hydrogens is 228 g/mol. The van der Waals surface area contributed by atoms with Crippen LogP contribution in [0, 0.1) is 18.3 Å². The van der Waals surface area contributed by atoms with Crippen molar-refractivity contribution in [3.05, 3.63) is 41.6 Å². The summed E-state index contributed by atoms with van der Waals surface area (Å²) in [7, 11) is 1.73. The summed E-state index contributed by atoms with van der Waals surface area (Å²) in [6.45, 7) is 1.85. The molecule has 0 aliphatic rings. The number of para-hydroxylation sites is 1. The predicted octanol–water partition coefficient (Wildman–Crippen LogP) is 2.49. The molecule has 0 unspecified atom stereocenters. The van der Waals surface area contributed by atoms with Crippen molar-refractivity contribution in [1.29, 1.82) is 5.26 Å². The first-order valence-electron chi connectivity index (χ1n) is 5.43. The Labute approximate surface area is 105 Å². The van der Waals surface area contributed by atoms with Crippen LogP contribution in [0.4, 0.5) is 5.95 Å². The van der Waals surface area contributed by atoms with Gasteiger partial charge in [-0.05, 0) is 19.1 Å². The van der Waals surface area contributed by atoms with Crippen LogP contribution in [-0.4, -0.2) is 17.0 Å². The molecule has 2 rings (SSSR count). The molecule has 0 saturated heterocycles. The van der Waals surface area contributed by atoms with Gasteiger partial charge in [0.15, 0.2) is 0 Å². The quantitative estimate of drug-likeness (QED) is 0.892. The number of ether oxygens (including phenoxy) is 1. The van der Waals surface area contributed by atoms with Crippen LogP contribution >= 0.6 is 0 Å². The van der Waals surface area contributed by atoms with E-state index in [1.54, 1.807) is 31.4 Å². The van der Waals surface area contributed by atoms with E-state index in [0.29, 0.717) is 23.1 Å². The Morgan fingerprint density at radius 3 is 2.83 bits per heavy atom. The number of nitriles is 1. The smallest absolute Gasteiger partial charge is 0.227 e. The minimum Gasteiger partial charge on any atom is -0.437 e. The average molecular weight is 240 g/mol. The zero-order valence-electron chi connectivity index (χ0n) is 10.1. The van der Waals surface area contributed by atoms with Crippen molar-refractivity contribution in [3.8, 4) is 17.7 Å². The van der Waals surface area contributed by atoms with E-state index in [1.165, 1.54) is 0 Å². The van der Waals surface area contributed by atoms with E-state index in [1.807, 2.05) is 13.0 Å². The lowest BCUT2D eigenvalue weighted by Gasteiger charge is -2.09. The third-order valence-corrected chi connectivity index (χ3v) is 2.36. The van der Waals surface area contributed by atoms with Crippen molar-refractivity contribution in [2.75, 3.05) is 12.4 Å². The zero-order chi connectivity index (χ0) is 13.0. The van der Waals surface area contributed by atoms with Crippen LogP contribution in [0.5, 0.6) is 11.6 Å². The van der Waals surface area contributed by atoms with Crippen LogP contribution in [0.3, 0.4) is 0 Å². The summed E-state index contributed by atoms with van der Waals surface area (Å²) < 4.78 is 5.66. The molecule has 2 aromatic rings. The lowest BCUT2D eigenvalue weighted by molar-refractivity contribution is 0.457. The maximum absolute atomic E-state index is 8.99. The molecule has 90 valence electrons. The fourth-order valence-corrected chi connectivity index (χ4v) is 1.40. The molecule has 5 nitrogen and oxygen atoms in total. The van der Waals surface area contributed by atoms with Gasteiger partial charge in [0.1, 0.15) is 11.8 Å². The summed E-state index contributed by atoms with van der Waals surface area (Å²) >= 11 is 0. The number of nitrogens with zero attached hydrogens (tertiary/aromatic N) is 3. The summed E-state index contributed by atoms with van der Waals surface area (Å²) in [6.07, 6.45) is 1.67. The van der Waals surface area contributed by atoms with Gasteiger partial charge < -0.3 is 10.1 Å². The van der Waals surface area contributed by atoms with Crippen LogP contribution in [0.1, 0.15) is 11.1 Å². The summed E-state index contributed by atoms with van der Waals surface area (Å²) in [5.41, 5.74) is 1.28. The van der Waals surface area contributed by atoms with Gasteiger partial charge in [0.05, 0.1) is 5.56 Å². The minimum absolute atomic E-state index is 0.442. The fourth-order valence-electron chi connectivity index (χ4n) is 1.40. The highest BCUT2D eigenvalue weighted by Gasteiger charge is 2.08. The summed E-state index contributed by atoms with van der Waals surface area (Å²) in [5.74, 6) is 1.41. The van der Waals surface area contributed by atoms with Gasteiger partial charge in [-0.15, -0.1) is 0 Å². The highest BCUT2D eigenvalue weighted by molar-refractivity contribution is 5.45. The molecule has 0 fully saturated rings. The maximum Gasteiger partial charge on any atom is 0.227 e. The number of nitrogens with one attached hydrogen (secondary N) is 1. The van der Waals surface area contributed by atoms with E-state index in [4.69, 9.17) is 10.00 Å². The Kier molecular flexibility index (Phi) is 3.39. The Morgan fingerprint density at radius 1 is 1.33 bits per heavy atom. The largest absolute Gasteiger partial charge is 0.437 e. The Morgan fingerprint density at radius 2 is 2.11 bits per heavy atom. The van der Waals surface area contributed by atoms with Crippen molar-refractivity contribution in [2.45, 2.75) is 6.92 Å². The molecule has 1 aromatic carbocycles. The van der Waals surface area contributed by atoms with E-state index in [0.717, 1.165) is 5.56 Å². The average Bonchev–Trinajstić information content (AvgIpc) is 2.42. The number of benzene rings is 1. The molecule has 1 aromatic heterocycles. The Hall–Kier alpha value is -2.61. The highest BCUT2D eigenvalue weighted by atomic mass is 16.5. The maximum atomic E-state index is 8.99. The standard InChI is InChI=1S/C13H12N4O/c1-9-8-16-13(15-2)17-12(9)18-11-6-4-3-5-10(11)7-14/h3-6,8H,1-2H3,(H,15,16,17). The molecule has 1 N–H and O–H groups in total. The number of aryl methyl sites for hydroxylation is 1. The van der Waals surface area contributed by atoms with Crippen LogP contribution in [0.25, 0.3) is 0 Å². The monoisotopic (exact) mass is 240 g/mol. The topological polar surface area (TPSA) is 70.8 Å². The highest BCUT2D eigenvalue weighted by Crippen LogP contribution is 2.25. The van der Waals surface area contributed by atoms with Crippen molar-refractivity contribution in [2.24, 2.45) is 0 Å². The molecule has 0 aliphatic carbocycles. The first-order valence-corrected chi connectivity index (χ1v) is 5.43. The van der Waals surface area contributed by atoms with Gasteiger partial charge in [-0.1, -0.05) is 12.1 Å². The van der Waals surface area contributed by atoms with Crippen molar-refractivity contribution in [1.82, 2.24) is 9.97 Å². The van der Waals surface area contributed by atoms with E-state index >= 15 is 0 Å². The summed E-state index contributed by atoms with van der Waals surface area (Å²) in [4.78, 5) is 8.28. The molecule has 1 heterocycles. The number of anilines is 1. The van der Waals surface area contributed by atoms with E-state index in [-0.39, 0.29) is 0 Å².